The molecule has 2 aliphatic heterocycles. The van der Waals surface area contributed by atoms with Crippen LogP contribution in [0, 0.1) is 0 Å². The first kappa shape index (κ1) is 16.2. The van der Waals surface area contributed by atoms with Gasteiger partial charge in [0.15, 0.2) is 0 Å². The van der Waals surface area contributed by atoms with Gasteiger partial charge < -0.3 is 5.32 Å². The van der Waals surface area contributed by atoms with E-state index in [4.69, 9.17) is 0 Å². The van der Waals surface area contributed by atoms with Crippen molar-refractivity contribution in [2.45, 2.75) is 48.7 Å². The maximum atomic E-state index is 12.4. The lowest BCUT2D eigenvalue weighted by Gasteiger charge is -2.29. The highest BCUT2D eigenvalue weighted by Gasteiger charge is 2.35. The minimum atomic E-state index is -3.43. The first-order valence-electron chi connectivity index (χ1n) is 6.57. The lowest BCUT2D eigenvalue weighted by atomic mass is 10.0. The van der Waals surface area contributed by atoms with Gasteiger partial charge in [0, 0.05) is 22.6 Å². The van der Waals surface area contributed by atoms with Gasteiger partial charge in [0.1, 0.15) is 0 Å². The number of hydrogen-bond donors (Lipinski definition) is 2. The zero-order chi connectivity index (χ0) is 13.5. The van der Waals surface area contributed by atoms with Crippen LogP contribution in [-0.4, -0.2) is 26.5 Å². The Balaban J connectivity index is 0.00000147. The van der Waals surface area contributed by atoms with Gasteiger partial charge in [-0.3, -0.25) is 0 Å². The molecule has 0 saturated carbocycles. The molecule has 1 aromatic carbocycles. The Morgan fingerprint density at radius 3 is 2.35 bits per heavy atom. The molecule has 2 unspecified atom stereocenters. The Kier molecular flexibility index (Phi) is 5.13. The Morgan fingerprint density at radius 1 is 1.15 bits per heavy atom. The van der Waals surface area contributed by atoms with Gasteiger partial charge in [-0.1, -0.05) is 12.1 Å². The second-order valence-corrected chi connectivity index (χ2v) is 7.89. The van der Waals surface area contributed by atoms with E-state index in [0.717, 1.165) is 25.7 Å². The average Bonchev–Trinajstić information content (AvgIpc) is 2.68. The molecule has 0 aromatic heterocycles. The van der Waals surface area contributed by atoms with Gasteiger partial charge in [-0.15, -0.1) is 12.4 Å². The Morgan fingerprint density at radius 2 is 1.75 bits per heavy atom. The molecular weight excluding hydrogens is 364 g/mol. The van der Waals surface area contributed by atoms with Crippen LogP contribution in [0.5, 0.6) is 0 Å². The number of piperidine rings is 1. The van der Waals surface area contributed by atoms with Crippen molar-refractivity contribution in [2.75, 3.05) is 0 Å². The topological polar surface area (TPSA) is 58.2 Å². The normalized spacial score (nSPS) is 28.9. The lowest BCUT2D eigenvalue weighted by molar-refractivity contribution is 0.345. The van der Waals surface area contributed by atoms with Crippen LogP contribution >= 0.6 is 28.3 Å². The van der Waals surface area contributed by atoms with Gasteiger partial charge >= 0.3 is 0 Å². The summed E-state index contributed by atoms with van der Waals surface area (Å²) in [5.41, 5.74) is 0. The third-order valence-corrected chi connectivity index (χ3v) is 6.45. The fourth-order valence-corrected chi connectivity index (χ4v) is 5.36. The molecule has 0 aliphatic carbocycles. The van der Waals surface area contributed by atoms with Crippen molar-refractivity contribution < 1.29 is 8.42 Å². The maximum absolute atomic E-state index is 12.4. The fraction of sp³-hybridized carbons (Fsp3) is 0.538. The third kappa shape index (κ3) is 3.36. The summed E-state index contributed by atoms with van der Waals surface area (Å²) in [7, 11) is -3.43. The molecule has 0 radical (unpaired) electrons. The summed E-state index contributed by atoms with van der Waals surface area (Å²) in [5.74, 6) is 0. The van der Waals surface area contributed by atoms with Gasteiger partial charge in [0.25, 0.3) is 0 Å². The maximum Gasteiger partial charge on any atom is 0.241 e. The molecule has 2 bridgehead atoms. The lowest BCUT2D eigenvalue weighted by Crippen LogP contribution is -2.47. The van der Waals surface area contributed by atoms with Crippen LogP contribution in [0.1, 0.15) is 25.7 Å². The Bertz CT molecular complexity index is 569. The first-order valence-corrected chi connectivity index (χ1v) is 8.85. The van der Waals surface area contributed by atoms with Gasteiger partial charge in [0.2, 0.25) is 10.0 Å². The van der Waals surface area contributed by atoms with E-state index < -0.39 is 10.0 Å². The smallest absolute Gasteiger partial charge is 0.241 e. The van der Waals surface area contributed by atoms with Crippen molar-refractivity contribution in [3.05, 3.63) is 28.7 Å². The second kappa shape index (κ2) is 6.32. The molecule has 2 aliphatic rings. The number of halogens is 2. The summed E-state index contributed by atoms with van der Waals surface area (Å²) >= 11 is 3.30. The van der Waals surface area contributed by atoms with Crippen molar-refractivity contribution in [2.24, 2.45) is 0 Å². The quantitative estimate of drug-likeness (QED) is 0.845. The minimum absolute atomic E-state index is 0. The molecular formula is C13H18BrClN2O2S. The number of sulfonamides is 1. The average molecular weight is 382 g/mol. The van der Waals surface area contributed by atoms with Gasteiger partial charge in [-0.2, -0.15) is 0 Å². The molecule has 112 valence electrons. The van der Waals surface area contributed by atoms with E-state index in [9.17, 15) is 8.42 Å². The first-order chi connectivity index (χ1) is 9.04. The van der Waals surface area contributed by atoms with Crippen molar-refractivity contribution >= 4 is 38.4 Å². The fourth-order valence-electron chi connectivity index (χ4n) is 3.10. The minimum Gasteiger partial charge on any atom is -0.311 e. The summed E-state index contributed by atoms with van der Waals surface area (Å²) in [6, 6.07) is 7.94. The molecule has 0 spiro atoms. The van der Waals surface area contributed by atoms with Gasteiger partial charge in [-0.05, 0) is 53.7 Å². The van der Waals surface area contributed by atoms with E-state index in [1.165, 1.54) is 0 Å². The molecule has 2 saturated heterocycles. The number of rotatable bonds is 3. The van der Waals surface area contributed by atoms with Crippen LogP contribution in [0.2, 0.25) is 0 Å². The van der Waals surface area contributed by atoms with Crippen LogP contribution < -0.4 is 10.0 Å². The third-order valence-electron chi connectivity index (χ3n) is 3.92. The molecule has 0 amide bonds. The molecule has 7 heteroatoms. The van der Waals surface area contributed by atoms with E-state index >= 15 is 0 Å². The predicted molar refractivity (Wildman–Crippen MR) is 84.7 cm³/mol. The predicted octanol–water partition coefficient (Wildman–Crippen LogP) is 2.43. The molecule has 1 aromatic rings. The number of nitrogens with one attached hydrogen (secondary N) is 2. The summed E-state index contributed by atoms with van der Waals surface area (Å²) in [4.78, 5) is 0.320. The van der Waals surface area contributed by atoms with Crippen LogP contribution in [0.4, 0.5) is 0 Å². The second-order valence-electron chi connectivity index (χ2n) is 5.36. The molecule has 20 heavy (non-hydrogen) atoms. The highest BCUT2D eigenvalue weighted by atomic mass is 79.9. The summed E-state index contributed by atoms with van der Waals surface area (Å²) in [6.45, 7) is 0. The largest absolute Gasteiger partial charge is 0.311 e. The molecule has 4 nitrogen and oxygen atoms in total. The Hall–Kier alpha value is -0.140. The van der Waals surface area contributed by atoms with Crippen LogP contribution in [-0.2, 0) is 10.0 Å². The van der Waals surface area contributed by atoms with E-state index in [-0.39, 0.29) is 18.4 Å². The van der Waals surface area contributed by atoms with Crippen molar-refractivity contribution in [3.63, 3.8) is 0 Å². The molecule has 2 N–H and O–H groups in total. The van der Waals surface area contributed by atoms with Crippen LogP contribution in [0.15, 0.2) is 33.6 Å². The van der Waals surface area contributed by atoms with Crippen LogP contribution in [0.25, 0.3) is 0 Å². The number of hydrogen-bond acceptors (Lipinski definition) is 3. The van der Waals surface area contributed by atoms with E-state index in [1.54, 1.807) is 18.2 Å². The highest BCUT2D eigenvalue weighted by Crippen LogP contribution is 2.28. The standard InChI is InChI=1S/C13H17BrN2O2S.ClH/c14-12-3-1-2-4-13(12)19(17,18)16-11-7-9-5-6-10(8-11)15-9;/h1-4,9-11,15-16H,5-8H2;1H. The molecule has 3 rings (SSSR count). The van der Waals surface area contributed by atoms with Crippen molar-refractivity contribution in [1.29, 1.82) is 0 Å². The Labute approximate surface area is 134 Å². The SMILES string of the molecule is Cl.O=S(=O)(NC1CC2CCC(C1)N2)c1ccccc1Br. The number of fused-ring (bicyclic) bond motifs is 2. The molecule has 2 atom stereocenters. The zero-order valence-corrected chi connectivity index (χ0v) is 14.1. The van der Waals surface area contributed by atoms with Gasteiger partial charge in [-0.25, -0.2) is 13.1 Å². The van der Waals surface area contributed by atoms with E-state index in [1.807, 2.05) is 6.07 Å². The highest BCUT2D eigenvalue weighted by molar-refractivity contribution is 9.10. The monoisotopic (exact) mass is 380 g/mol. The summed E-state index contributed by atoms with van der Waals surface area (Å²) in [6.07, 6.45) is 4.11. The number of benzene rings is 1. The molecule has 2 fully saturated rings. The summed E-state index contributed by atoms with van der Waals surface area (Å²) < 4.78 is 28.3. The van der Waals surface area contributed by atoms with Crippen molar-refractivity contribution in [1.82, 2.24) is 10.0 Å². The van der Waals surface area contributed by atoms with Gasteiger partial charge in [0.05, 0.1) is 4.90 Å². The van der Waals surface area contributed by atoms with E-state index in [2.05, 4.69) is 26.0 Å². The van der Waals surface area contributed by atoms with Crippen molar-refractivity contribution in [3.8, 4) is 0 Å². The van der Waals surface area contributed by atoms with Crippen LogP contribution in [0.3, 0.4) is 0 Å². The summed E-state index contributed by atoms with van der Waals surface area (Å²) in [5, 5.41) is 3.51. The molecule has 2 heterocycles. The van der Waals surface area contributed by atoms with E-state index in [0.29, 0.717) is 21.5 Å². The zero-order valence-electron chi connectivity index (χ0n) is 10.9.